The molecule has 0 bridgehead atoms. The number of phenolic OH excluding ortho intramolecular Hbond substituents is 1. The second-order valence-electron chi connectivity index (χ2n) is 4.11. The zero-order valence-electron chi connectivity index (χ0n) is 10.4. The fourth-order valence-corrected chi connectivity index (χ4v) is 1.44. The highest BCUT2D eigenvalue weighted by atomic mass is 16.4. The number of anilines is 1. The Balaban J connectivity index is 2.66. The lowest BCUT2D eigenvalue weighted by Crippen LogP contribution is -2.31. The Kier molecular flexibility index (Phi) is 5.04. The van der Waals surface area contributed by atoms with Crippen molar-refractivity contribution in [3.8, 4) is 5.75 Å². The third-order valence-electron chi connectivity index (χ3n) is 2.45. The molecule has 1 aromatic rings. The molecular formula is C12H14N2O6. The third-order valence-corrected chi connectivity index (χ3v) is 2.45. The van der Waals surface area contributed by atoms with E-state index in [0.717, 1.165) is 6.07 Å². The molecule has 1 aromatic carbocycles. The first kappa shape index (κ1) is 15.4. The van der Waals surface area contributed by atoms with E-state index in [1.54, 1.807) is 0 Å². The number of carbonyl (C=O) groups excluding carboxylic acids is 1. The quantitative estimate of drug-likeness (QED) is 0.500. The zero-order chi connectivity index (χ0) is 15.3. The predicted molar refractivity (Wildman–Crippen MR) is 68.5 cm³/mol. The molecule has 1 atom stereocenters. The number of nitrogens with one attached hydrogen (secondary N) is 1. The molecule has 1 unspecified atom stereocenters. The molecule has 0 saturated carbocycles. The SMILES string of the molecule is NC(CCC(=O)Nc1cc(O)cc(C(=O)O)c1)C(=O)O. The fraction of sp³-hybridized carbons (Fsp3) is 0.250. The van der Waals surface area contributed by atoms with Crippen LogP contribution < -0.4 is 11.1 Å². The maximum atomic E-state index is 11.5. The fourth-order valence-electron chi connectivity index (χ4n) is 1.44. The Hall–Kier alpha value is -2.61. The number of hydrogen-bond acceptors (Lipinski definition) is 5. The standard InChI is InChI=1S/C12H14N2O6/c13-9(12(19)20)1-2-10(16)14-7-3-6(11(17)18)4-8(15)5-7/h3-5,9,15H,1-2,13H2,(H,14,16)(H,17,18)(H,19,20). The minimum atomic E-state index is -1.25. The van der Waals surface area contributed by atoms with Crippen molar-refractivity contribution >= 4 is 23.5 Å². The molecule has 0 saturated heterocycles. The number of carboxylic acid groups (broad SMARTS) is 2. The van der Waals surface area contributed by atoms with Gasteiger partial charge in [-0.2, -0.15) is 0 Å². The molecule has 0 radical (unpaired) electrons. The molecular weight excluding hydrogens is 268 g/mol. The minimum absolute atomic E-state index is 0.0498. The van der Waals surface area contributed by atoms with Crippen molar-refractivity contribution in [2.24, 2.45) is 5.73 Å². The monoisotopic (exact) mass is 282 g/mol. The molecule has 108 valence electrons. The van der Waals surface area contributed by atoms with Crippen LogP contribution in [0, 0.1) is 0 Å². The third kappa shape index (κ3) is 4.58. The molecule has 20 heavy (non-hydrogen) atoms. The van der Waals surface area contributed by atoms with Crippen molar-refractivity contribution in [2.75, 3.05) is 5.32 Å². The lowest BCUT2D eigenvalue weighted by atomic mass is 10.1. The van der Waals surface area contributed by atoms with Crippen molar-refractivity contribution < 1.29 is 29.7 Å². The van der Waals surface area contributed by atoms with Crippen molar-refractivity contribution in [3.05, 3.63) is 23.8 Å². The number of aromatic carboxylic acids is 1. The first-order valence-corrected chi connectivity index (χ1v) is 5.65. The summed E-state index contributed by atoms with van der Waals surface area (Å²) in [6.45, 7) is 0. The summed E-state index contributed by atoms with van der Waals surface area (Å²) < 4.78 is 0. The number of benzene rings is 1. The van der Waals surface area contributed by atoms with Crippen LogP contribution in [0.1, 0.15) is 23.2 Å². The highest BCUT2D eigenvalue weighted by Gasteiger charge is 2.14. The lowest BCUT2D eigenvalue weighted by molar-refractivity contribution is -0.138. The largest absolute Gasteiger partial charge is 0.508 e. The van der Waals surface area contributed by atoms with E-state index in [9.17, 15) is 19.5 Å². The highest BCUT2D eigenvalue weighted by molar-refractivity contribution is 5.94. The average molecular weight is 282 g/mol. The summed E-state index contributed by atoms with van der Waals surface area (Å²) in [5, 5.41) is 29.1. The summed E-state index contributed by atoms with van der Waals surface area (Å²) in [6.07, 6.45) is -0.183. The summed E-state index contributed by atoms with van der Waals surface area (Å²) in [5.74, 6) is -3.28. The van der Waals surface area contributed by atoms with E-state index >= 15 is 0 Å². The summed E-state index contributed by atoms with van der Waals surface area (Å²) in [5.41, 5.74) is 5.18. The van der Waals surface area contributed by atoms with E-state index in [4.69, 9.17) is 15.9 Å². The first-order valence-electron chi connectivity index (χ1n) is 5.65. The van der Waals surface area contributed by atoms with Crippen molar-refractivity contribution in [3.63, 3.8) is 0 Å². The molecule has 8 nitrogen and oxygen atoms in total. The summed E-state index contributed by atoms with van der Waals surface area (Å²) >= 11 is 0. The maximum Gasteiger partial charge on any atom is 0.335 e. The number of hydrogen-bond donors (Lipinski definition) is 5. The van der Waals surface area contributed by atoms with Crippen LogP contribution in [-0.2, 0) is 9.59 Å². The van der Waals surface area contributed by atoms with Gasteiger partial charge in [-0.15, -0.1) is 0 Å². The molecule has 0 aliphatic carbocycles. The molecule has 8 heteroatoms. The second kappa shape index (κ2) is 6.53. The zero-order valence-corrected chi connectivity index (χ0v) is 10.4. The van der Waals surface area contributed by atoms with E-state index < -0.39 is 23.9 Å². The van der Waals surface area contributed by atoms with E-state index in [1.807, 2.05) is 0 Å². The van der Waals surface area contributed by atoms with Gasteiger partial charge in [-0.3, -0.25) is 9.59 Å². The molecule has 0 aromatic heterocycles. The number of carboxylic acids is 2. The van der Waals surface area contributed by atoms with Gasteiger partial charge in [0.25, 0.3) is 0 Å². The van der Waals surface area contributed by atoms with Gasteiger partial charge in [0.2, 0.25) is 5.91 Å². The number of aliphatic carboxylic acids is 1. The van der Waals surface area contributed by atoms with E-state index in [1.165, 1.54) is 12.1 Å². The van der Waals surface area contributed by atoms with Gasteiger partial charge in [-0.1, -0.05) is 0 Å². The van der Waals surface area contributed by atoms with E-state index in [0.29, 0.717) is 0 Å². The molecule has 0 fully saturated rings. The van der Waals surface area contributed by atoms with E-state index in [-0.39, 0.29) is 29.8 Å². The molecule has 1 rings (SSSR count). The number of nitrogens with two attached hydrogens (primary N) is 1. The molecule has 0 aliphatic rings. The van der Waals surface area contributed by atoms with E-state index in [2.05, 4.69) is 5.32 Å². The Bertz CT molecular complexity index is 543. The van der Waals surface area contributed by atoms with Crippen LogP contribution in [-0.4, -0.2) is 39.2 Å². The van der Waals surface area contributed by atoms with Gasteiger partial charge < -0.3 is 26.4 Å². The minimum Gasteiger partial charge on any atom is -0.508 e. The topological polar surface area (TPSA) is 150 Å². The van der Waals surface area contributed by atoms with Gasteiger partial charge in [-0.05, 0) is 18.6 Å². The summed E-state index contributed by atoms with van der Waals surface area (Å²) in [7, 11) is 0. The van der Waals surface area contributed by atoms with Crippen LogP contribution in [0.15, 0.2) is 18.2 Å². The Morgan fingerprint density at radius 2 is 1.85 bits per heavy atom. The number of carbonyl (C=O) groups is 3. The van der Waals surface area contributed by atoms with Crippen molar-refractivity contribution in [1.82, 2.24) is 0 Å². The maximum absolute atomic E-state index is 11.5. The molecule has 1 amide bonds. The summed E-state index contributed by atoms with van der Waals surface area (Å²) in [6, 6.07) is 2.26. The summed E-state index contributed by atoms with van der Waals surface area (Å²) in [4.78, 5) is 32.8. The van der Waals surface area contributed by atoms with Crippen LogP contribution in [0.4, 0.5) is 5.69 Å². The average Bonchev–Trinajstić information content (AvgIpc) is 2.34. The van der Waals surface area contributed by atoms with Crippen LogP contribution in [0.3, 0.4) is 0 Å². The molecule has 0 aliphatic heterocycles. The second-order valence-corrected chi connectivity index (χ2v) is 4.11. The van der Waals surface area contributed by atoms with Crippen molar-refractivity contribution in [1.29, 1.82) is 0 Å². The van der Waals surface area contributed by atoms with Gasteiger partial charge in [0, 0.05) is 18.2 Å². The molecule has 0 spiro atoms. The van der Waals surface area contributed by atoms with Gasteiger partial charge in [-0.25, -0.2) is 4.79 Å². The predicted octanol–water partition coefficient (Wildman–Crippen LogP) is 0.221. The molecule has 6 N–H and O–H groups in total. The van der Waals surface area contributed by atoms with Crippen molar-refractivity contribution in [2.45, 2.75) is 18.9 Å². The van der Waals surface area contributed by atoms with Gasteiger partial charge in [0.15, 0.2) is 0 Å². The Morgan fingerprint density at radius 3 is 2.40 bits per heavy atom. The number of aromatic hydroxyl groups is 1. The first-order chi connectivity index (χ1) is 9.29. The normalized spacial score (nSPS) is 11.7. The van der Waals surface area contributed by atoms with Crippen LogP contribution in [0.25, 0.3) is 0 Å². The van der Waals surface area contributed by atoms with Gasteiger partial charge in [0.05, 0.1) is 5.56 Å². The number of phenols is 1. The Morgan fingerprint density at radius 1 is 1.20 bits per heavy atom. The van der Waals surface area contributed by atoms with Crippen LogP contribution in [0.2, 0.25) is 0 Å². The molecule has 0 heterocycles. The number of rotatable bonds is 6. The highest BCUT2D eigenvalue weighted by Crippen LogP contribution is 2.20. The van der Waals surface area contributed by atoms with Crippen LogP contribution in [0.5, 0.6) is 5.75 Å². The number of amides is 1. The van der Waals surface area contributed by atoms with Crippen LogP contribution >= 0.6 is 0 Å². The Labute approximate surface area is 113 Å². The smallest absolute Gasteiger partial charge is 0.335 e. The van der Waals surface area contributed by atoms with Gasteiger partial charge >= 0.3 is 11.9 Å². The van der Waals surface area contributed by atoms with Gasteiger partial charge in [0.1, 0.15) is 11.8 Å². The lowest BCUT2D eigenvalue weighted by Gasteiger charge is -2.08.